The standard InChI is InChI=1S/C21H18O6S/c22-20-11-10-17(12-19(20)21(23)24)27-13-15-6-8-16(9-7-15)14-28(25,26)18-4-2-1-3-5-18/h1-12,22H,13-14H2,(H,23,24). The molecule has 3 rings (SSSR count). The van der Waals surface area contributed by atoms with Gasteiger partial charge in [0, 0.05) is 0 Å². The highest BCUT2D eigenvalue weighted by Gasteiger charge is 2.15. The summed E-state index contributed by atoms with van der Waals surface area (Å²) in [7, 11) is -3.41. The molecule has 0 saturated heterocycles. The number of carboxylic acid groups (broad SMARTS) is 1. The van der Waals surface area contributed by atoms with Gasteiger partial charge in [0.2, 0.25) is 0 Å². The number of aromatic carboxylic acids is 1. The van der Waals surface area contributed by atoms with Gasteiger partial charge in [-0.3, -0.25) is 0 Å². The molecule has 2 N–H and O–H groups in total. The molecule has 0 saturated carbocycles. The maximum Gasteiger partial charge on any atom is 0.339 e. The third kappa shape index (κ3) is 4.69. The van der Waals surface area contributed by atoms with E-state index in [0.717, 1.165) is 5.56 Å². The van der Waals surface area contributed by atoms with Crippen LogP contribution in [0.1, 0.15) is 21.5 Å². The highest BCUT2D eigenvalue weighted by Crippen LogP contribution is 2.24. The molecule has 0 aliphatic carbocycles. The molecule has 3 aromatic rings. The van der Waals surface area contributed by atoms with E-state index in [9.17, 15) is 18.3 Å². The highest BCUT2D eigenvalue weighted by molar-refractivity contribution is 7.90. The smallest absolute Gasteiger partial charge is 0.339 e. The molecule has 0 aromatic heterocycles. The van der Waals surface area contributed by atoms with Gasteiger partial charge in [0.05, 0.1) is 10.6 Å². The van der Waals surface area contributed by atoms with Crippen molar-refractivity contribution in [3.05, 3.63) is 89.5 Å². The summed E-state index contributed by atoms with van der Waals surface area (Å²) < 4.78 is 30.4. The first-order valence-corrected chi connectivity index (χ1v) is 10.0. The van der Waals surface area contributed by atoms with E-state index in [4.69, 9.17) is 9.84 Å². The van der Waals surface area contributed by atoms with Crippen LogP contribution in [0.2, 0.25) is 0 Å². The third-order valence-corrected chi connectivity index (χ3v) is 5.79. The van der Waals surface area contributed by atoms with Gasteiger partial charge in [-0.05, 0) is 41.5 Å². The molecule has 0 amide bonds. The van der Waals surface area contributed by atoms with Crippen LogP contribution >= 0.6 is 0 Å². The molecule has 0 spiro atoms. The molecule has 0 aliphatic heterocycles. The zero-order valence-electron chi connectivity index (χ0n) is 14.8. The molecule has 6 nitrogen and oxygen atoms in total. The van der Waals surface area contributed by atoms with Crippen LogP contribution in [0, 0.1) is 0 Å². The second-order valence-corrected chi connectivity index (χ2v) is 8.15. The molecule has 0 fully saturated rings. The lowest BCUT2D eigenvalue weighted by atomic mass is 10.1. The second kappa shape index (κ2) is 8.14. The Morgan fingerprint density at radius 3 is 2.18 bits per heavy atom. The number of benzene rings is 3. The van der Waals surface area contributed by atoms with Crippen molar-refractivity contribution in [2.45, 2.75) is 17.3 Å². The third-order valence-electron chi connectivity index (χ3n) is 4.09. The van der Waals surface area contributed by atoms with E-state index in [1.807, 2.05) is 0 Å². The van der Waals surface area contributed by atoms with Crippen LogP contribution < -0.4 is 4.74 Å². The van der Waals surface area contributed by atoms with Crippen LogP contribution in [0.5, 0.6) is 11.5 Å². The topological polar surface area (TPSA) is 101 Å². The van der Waals surface area contributed by atoms with Gasteiger partial charge in [-0.1, -0.05) is 42.5 Å². The minimum absolute atomic E-state index is 0.0991. The molecule has 144 valence electrons. The Bertz CT molecular complexity index is 1070. The maximum atomic E-state index is 12.4. The minimum atomic E-state index is -3.41. The first kappa shape index (κ1) is 19.4. The van der Waals surface area contributed by atoms with Crippen LogP contribution in [-0.2, 0) is 22.2 Å². The number of rotatable bonds is 7. The number of phenols is 1. The van der Waals surface area contributed by atoms with Crippen LogP contribution in [0.25, 0.3) is 0 Å². The summed E-state index contributed by atoms with van der Waals surface area (Å²) in [5.74, 6) is -1.36. The molecule has 0 atom stereocenters. The average Bonchev–Trinajstić information content (AvgIpc) is 2.68. The zero-order valence-corrected chi connectivity index (χ0v) is 15.6. The number of hydrogen-bond donors (Lipinski definition) is 2. The fourth-order valence-corrected chi connectivity index (χ4v) is 3.97. The van der Waals surface area contributed by atoms with Crippen molar-refractivity contribution >= 4 is 15.8 Å². The quantitative estimate of drug-likeness (QED) is 0.630. The van der Waals surface area contributed by atoms with Gasteiger partial charge in [0.25, 0.3) is 0 Å². The zero-order chi connectivity index (χ0) is 20.1. The first-order chi connectivity index (χ1) is 13.3. The lowest BCUT2D eigenvalue weighted by Gasteiger charge is -2.09. The number of sulfone groups is 1. The van der Waals surface area contributed by atoms with E-state index in [1.165, 1.54) is 18.2 Å². The highest BCUT2D eigenvalue weighted by atomic mass is 32.2. The Labute approximate surface area is 162 Å². The summed E-state index contributed by atoms with van der Waals surface area (Å²) >= 11 is 0. The number of hydrogen-bond acceptors (Lipinski definition) is 5. The summed E-state index contributed by atoms with van der Waals surface area (Å²) in [6, 6.07) is 19.2. The maximum absolute atomic E-state index is 12.4. The molecule has 0 bridgehead atoms. The van der Waals surface area contributed by atoms with Crippen molar-refractivity contribution < 1.29 is 28.2 Å². The summed E-state index contributed by atoms with van der Waals surface area (Å²) in [5.41, 5.74) is 1.22. The van der Waals surface area contributed by atoms with Crippen molar-refractivity contribution in [3.8, 4) is 11.5 Å². The Morgan fingerprint density at radius 2 is 1.54 bits per heavy atom. The molecular weight excluding hydrogens is 380 g/mol. The monoisotopic (exact) mass is 398 g/mol. The summed E-state index contributed by atoms with van der Waals surface area (Å²) in [6.07, 6.45) is 0. The van der Waals surface area contributed by atoms with E-state index in [2.05, 4.69) is 0 Å². The Hall–Kier alpha value is -3.32. The average molecular weight is 398 g/mol. The Balaban J connectivity index is 1.65. The number of carbonyl (C=O) groups is 1. The molecule has 0 unspecified atom stereocenters. The molecule has 3 aromatic carbocycles. The van der Waals surface area contributed by atoms with Gasteiger partial charge >= 0.3 is 5.97 Å². The van der Waals surface area contributed by atoms with Crippen molar-refractivity contribution in [2.75, 3.05) is 0 Å². The Kier molecular flexibility index (Phi) is 5.65. The van der Waals surface area contributed by atoms with Crippen molar-refractivity contribution in [2.24, 2.45) is 0 Å². The van der Waals surface area contributed by atoms with Crippen LogP contribution in [0.3, 0.4) is 0 Å². The number of aromatic hydroxyl groups is 1. The van der Waals surface area contributed by atoms with Gasteiger partial charge in [-0.25, -0.2) is 13.2 Å². The number of carboxylic acids is 1. The van der Waals surface area contributed by atoms with E-state index < -0.39 is 15.8 Å². The largest absolute Gasteiger partial charge is 0.507 e. The summed E-state index contributed by atoms with van der Waals surface area (Å²) in [5, 5.41) is 18.5. The van der Waals surface area contributed by atoms with Gasteiger partial charge in [-0.15, -0.1) is 0 Å². The summed E-state index contributed by atoms with van der Waals surface area (Å²) in [6.45, 7) is 0.176. The molecular formula is C21H18O6S. The number of ether oxygens (including phenoxy) is 1. The fraction of sp³-hybridized carbons (Fsp3) is 0.0952. The SMILES string of the molecule is O=C(O)c1cc(OCc2ccc(CS(=O)(=O)c3ccccc3)cc2)ccc1O. The van der Waals surface area contributed by atoms with E-state index in [-0.39, 0.29) is 28.6 Å². The normalized spacial score (nSPS) is 11.1. The fourth-order valence-electron chi connectivity index (χ4n) is 2.61. The van der Waals surface area contributed by atoms with Gasteiger partial charge < -0.3 is 14.9 Å². The molecule has 0 aliphatic rings. The van der Waals surface area contributed by atoms with Crippen LogP contribution in [-0.4, -0.2) is 24.6 Å². The molecule has 7 heteroatoms. The predicted octanol–water partition coefficient (Wildman–Crippen LogP) is 3.64. The van der Waals surface area contributed by atoms with Gasteiger partial charge in [0.15, 0.2) is 9.84 Å². The van der Waals surface area contributed by atoms with Crippen molar-refractivity contribution in [1.82, 2.24) is 0 Å². The van der Waals surface area contributed by atoms with Crippen LogP contribution in [0.4, 0.5) is 0 Å². The lowest BCUT2D eigenvalue weighted by Crippen LogP contribution is -2.05. The molecule has 0 heterocycles. The molecule has 28 heavy (non-hydrogen) atoms. The van der Waals surface area contributed by atoms with Crippen molar-refractivity contribution in [1.29, 1.82) is 0 Å². The second-order valence-electron chi connectivity index (χ2n) is 6.16. The lowest BCUT2D eigenvalue weighted by molar-refractivity contribution is 0.0693. The van der Waals surface area contributed by atoms with Gasteiger partial charge in [0.1, 0.15) is 23.7 Å². The first-order valence-electron chi connectivity index (χ1n) is 8.40. The Morgan fingerprint density at radius 1 is 0.893 bits per heavy atom. The molecule has 0 radical (unpaired) electrons. The summed E-state index contributed by atoms with van der Waals surface area (Å²) in [4.78, 5) is 11.3. The van der Waals surface area contributed by atoms with E-state index >= 15 is 0 Å². The van der Waals surface area contributed by atoms with E-state index in [0.29, 0.717) is 11.3 Å². The van der Waals surface area contributed by atoms with Gasteiger partial charge in [-0.2, -0.15) is 0 Å². The predicted molar refractivity (Wildman–Crippen MR) is 103 cm³/mol. The van der Waals surface area contributed by atoms with Crippen LogP contribution in [0.15, 0.2) is 77.7 Å². The van der Waals surface area contributed by atoms with Crippen molar-refractivity contribution in [3.63, 3.8) is 0 Å². The minimum Gasteiger partial charge on any atom is -0.507 e. The van der Waals surface area contributed by atoms with E-state index in [1.54, 1.807) is 54.6 Å².